The molecular formula is C5H7NS2. The smallest absolute Gasteiger partial charge is 0.0587 e. The number of hydrogen-bond donors (Lipinski definition) is 0. The number of nitrogens with zero attached hydrogens (tertiary/aromatic N) is 1. The molecular weight excluding hydrogens is 138 g/mol. The van der Waals surface area contributed by atoms with Crippen molar-refractivity contribution in [1.82, 2.24) is 0 Å². The minimum Gasteiger partial charge on any atom is -0.199 e. The van der Waals surface area contributed by atoms with Gasteiger partial charge in [-0.2, -0.15) is 5.26 Å². The summed E-state index contributed by atoms with van der Waals surface area (Å²) in [6, 6.07) is 1.75. The van der Waals surface area contributed by atoms with E-state index in [4.69, 9.17) is 5.26 Å². The molecule has 44 valence electrons. The molecule has 0 aromatic carbocycles. The lowest BCUT2D eigenvalue weighted by Crippen LogP contribution is -1.46. The maximum absolute atomic E-state index is 7.32. The van der Waals surface area contributed by atoms with E-state index in [1.807, 2.05) is 21.6 Å². The van der Waals surface area contributed by atoms with Crippen LogP contribution in [0.25, 0.3) is 0 Å². The molecule has 1 nitrogen and oxygen atoms in total. The highest BCUT2D eigenvalue weighted by atomic mass is 33.1. The molecule has 0 spiro atoms. The molecule has 0 saturated heterocycles. The fourth-order valence-corrected chi connectivity index (χ4v) is 1.77. The minimum atomic E-state index is 1.20. The Balaban J connectivity index is 0.000000145. The fraction of sp³-hybridized carbons (Fsp3) is 0.400. The van der Waals surface area contributed by atoms with Gasteiger partial charge in [0, 0.05) is 12.7 Å². The van der Waals surface area contributed by atoms with Gasteiger partial charge < -0.3 is 0 Å². The normalized spacial score (nSPS) is 14.0. The van der Waals surface area contributed by atoms with Gasteiger partial charge in [-0.15, -0.1) is 0 Å². The first-order chi connectivity index (χ1) is 3.91. The molecule has 0 bridgehead atoms. The Morgan fingerprint density at radius 3 is 2.50 bits per heavy atom. The van der Waals surface area contributed by atoms with Crippen LogP contribution in [0.5, 0.6) is 0 Å². The van der Waals surface area contributed by atoms with Crippen LogP contribution in [0.4, 0.5) is 0 Å². The Bertz CT molecular complexity index is 97.5. The summed E-state index contributed by atoms with van der Waals surface area (Å²) < 4.78 is 0. The summed E-state index contributed by atoms with van der Waals surface area (Å²) in [7, 11) is 3.69. The van der Waals surface area contributed by atoms with Crippen molar-refractivity contribution < 1.29 is 0 Å². The first-order valence-electron chi connectivity index (χ1n) is 2.16. The predicted octanol–water partition coefficient (Wildman–Crippen LogP) is 2.42. The SMILES string of the molecule is C1=CSSC1.CC#N. The van der Waals surface area contributed by atoms with E-state index in [0.717, 1.165) is 0 Å². The van der Waals surface area contributed by atoms with E-state index in [-0.39, 0.29) is 0 Å². The van der Waals surface area contributed by atoms with Crippen LogP contribution in [0.3, 0.4) is 0 Å². The van der Waals surface area contributed by atoms with Crippen molar-refractivity contribution in [3.63, 3.8) is 0 Å². The highest BCUT2D eigenvalue weighted by Crippen LogP contribution is 2.27. The second-order valence-electron chi connectivity index (χ2n) is 0.976. The van der Waals surface area contributed by atoms with Crippen LogP contribution >= 0.6 is 21.6 Å². The molecule has 0 N–H and O–H groups in total. The van der Waals surface area contributed by atoms with Crippen LogP contribution < -0.4 is 0 Å². The van der Waals surface area contributed by atoms with E-state index in [1.165, 1.54) is 12.7 Å². The Labute approximate surface area is 57.5 Å². The molecule has 1 heterocycles. The molecule has 0 unspecified atom stereocenters. The van der Waals surface area contributed by atoms with E-state index in [9.17, 15) is 0 Å². The highest BCUT2D eigenvalue weighted by Gasteiger charge is 1.85. The number of hydrogen-bond acceptors (Lipinski definition) is 3. The topological polar surface area (TPSA) is 23.8 Å². The zero-order chi connectivity index (χ0) is 6.24. The van der Waals surface area contributed by atoms with Gasteiger partial charge in [0.2, 0.25) is 0 Å². The molecule has 0 saturated carbocycles. The molecule has 0 amide bonds. The van der Waals surface area contributed by atoms with Crippen molar-refractivity contribution in [3.8, 4) is 6.07 Å². The predicted molar refractivity (Wildman–Crippen MR) is 40.5 cm³/mol. The van der Waals surface area contributed by atoms with Crippen molar-refractivity contribution in [1.29, 1.82) is 5.26 Å². The molecule has 0 aliphatic carbocycles. The molecule has 1 rings (SSSR count). The van der Waals surface area contributed by atoms with Crippen molar-refractivity contribution >= 4 is 21.6 Å². The van der Waals surface area contributed by atoms with Gasteiger partial charge in [0.15, 0.2) is 0 Å². The van der Waals surface area contributed by atoms with Gasteiger partial charge in [-0.05, 0) is 5.41 Å². The lowest BCUT2D eigenvalue weighted by Gasteiger charge is -1.69. The monoisotopic (exact) mass is 145 g/mol. The quantitative estimate of drug-likeness (QED) is 0.489. The first kappa shape index (κ1) is 7.93. The Morgan fingerprint density at radius 2 is 2.38 bits per heavy atom. The zero-order valence-electron chi connectivity index (χ0n) is 4.63. The summed E-state index contributed by atoms with van der Waals surface area (Å²) in [4.78, 5) is 0. The average Bonchev–Trinajstić information content (AvgIpc) is 2.17. The van der Waals surface area contributed by atoms with Crippen LogP contribution in [0.2, 0.25) is 0 Å². The van der Waals surface area contributed by atoms with Crippen LogP contribution in [0.15, 0.2) is 11.5 Å². The maximum Gasteiger partial charge on any atom is 0.0587 e. The molecule has 1 aliphatic heterocycles. The van der Waals surface area contributed by atoms with Crippen molar-refractivity contribution in [3.05, 3.63) is 11.5 Å². The van der Waals surface area contributed by atoms with Crippen LogP contribution in [0, 0.1) is 11.3 Å². The zero-order valence-corrected chi connectivity index (χ0v) is 6.26. The summed E-state index contributed by atoms with van der Waals surface area (Å²) in [5.41, 5.74) is 0. The average molecular weight is 145 g/mol. The van der Waals surface area contributed by atoms with Crippen LogP contribution in [-0.4, -0.2) is 5.75 Å². The fourth-order valence-electron chi connectivity index (χ4n) is 0.196. The largest absolute Gasteiger partial charge is 0.199 e. The number of rotatable bonds is 0. The van der Waals surface area contributed by atoms with Crippen LogP contribution in [-0.2, 0) is 0 Å². The molecule has 3 heteroatoms. The van der Waals surface area contributed by atoms with E-state index < -0.39 is 0 Å². The van der Waals surface area contributed by atoms with E-state index in [0.29, 0.717) is 0 Å². The molecule has 0 fully saturated rings. The third-order valence-electron chi connectivity index (χ3n) is 0.384. The minimum absolute atomic E-state index is 1.20. The standard InChI is InChI=1S/C3H4S2.C2H3N/c1-2-4-5-3-1;1-2-3/h1-2H,3H2;1H3. The second kappa shape index (κ2) is 6.93. The van der Waals surface area contributed by atoms with Crippen molar-refractivity contribution in [2.45, 2.75) is 6.92 Å². The summed E-state index contributed by atoms with van der Waals surface area (Å²) in [5.74, 6) is 1.20. The van der Waals surface area contributed by atoms with Crippen molar-refractivity contribution in [2.24, 2.45) is 0 Å². The summed E-state index contributed by atoms with van der Waals surface area (Å²) in [6.07, 6.45) is 2.16. The van der Waals surface area contributed by atoms with E-state index in [1.54, 1.807) is 6.07 Å². The number of nitriles is 1. The molecule has 8 heavy (non-hydrogen) atoms. The Morgan fingerprint density at radius 1 is 1.75 bits per heavy atom. The van der Waals surface area contributed by atoms with Crippen molar-refractivity contribution in [2.75, 3.05) is 5.75 Å². The molecule has 0 radical (unpaired) electrons. The molecule has 0 atom stereocenters. The third-order valence-corrected chi connectivity index (χ3v) is 2.30. The van der Waals surface area contributed by atoms with E-state index in [2.05, 4.69) is 11.5 Å². The summed E-state index contributed by atoms with van der Waals surface area (Å²) in [6.45, 7) is 1.43. The van der Waals surface area contributed by atoms with E-state index >= 15 is 0 Å². The molecule has 1 aliphatic rings. The third kappa shape index (κ3) is 5.93. The van der Waals surface area contributed by atoms with Gasteiger partial charge >= 0.3 is 0 Å². The summed E-state index contributed by atoms with van der Waals surface area (Å²) in [5, 5.41) is 9.44. The van der Waals surface area contributed by atoms with Gasteiger partial charge in [-0.3, -0.25) is 0 Å². The molecule has 0 aromatic rings. The van der Waals surface area contributed by atoms with Gasteiger partial charge in [0.25, 0.3) is 0 Å². The van der Waals surface area contributed by atoms with Gasteiger partial charge in [-0.25, -0.2) is 0 Å². The maximum atomic E-state index is 7.32. The van der Waals surface area contributed by atoms with Gasteiger partial charge in [-0.1, -0.05) is 27.7 Å². The lowest BCUT2D eigenvalue weighted by atomic mass is 10.8. The highest BCUT2D eigenvalue weighted by molar-refractivity contribution is 8.78. The first-order valence-corrected chi connectivity index (χ1v) is 4.54. The Hall–Kier alpha value is -0.0700. The summed E-state index contributed by atoms with van der Waals surface area (Å²) >= 11 is 0. The van der Waals surface area contributed by atoms with Gasteiger partial charge in [0.05, 0.1) is 6.07 Å². The van der Waals surface area contributed by atoms with Gasteiger partial charge in [0.1, 0.15) is 0 Å². The van der Waals surface area contributed by atoms with Crippen LogP contribution in [0.1, 0.15) is 6.92 Å². The Kier molecular flexibility index (Phi) is 6.87. The second-order valence-corrected chi connectivity index (χ2v) is 3.29. The lowest BCUT2D eigenvalue weighted by molar-refractivity contribution is 1.49. The molecule has 0 aromatic heterocycles.